The van der Waals surface area contributed by atoms with Gasteiger partial charge in [0, 0.05) is 25.0 Å². The minimum atomic E-state index is -3.51. The molecule has 1 amide bonds. The predicted octanol–water partition coefficient (Wildman–Crippen LogP) is 0.665. The molecule has 1 aliphatic heterocycles. The van der Waals surface area contributed by atoms with Crippen molar-refractivity contribution in [3.05, 3.63) is 24.3 Å². The molecule has 2 atom stereocenters. The van der Waals surface area contributed by atoms with Gasteiger partial charge < -0.3 is 15.4 Å². The van der Waals surface area contributed by atoms with Crippen LogP contribution in [0.5, 0.6) is 5.75 Å². The van der Waals surface area contributed by atoms with E-state index < -0.39 is 15.8 Å². The van der Waals surface area contributed by atoms with E-state index in [2.05, 4.69) is 0 Å². The second-order valence-corrected chi connectivity index (χ2v) is 7.73. The lowest BCUT2D eigenvalue weighted by molar-refractivity contribution is -0.133. The molecule has 1 aromatic rings. The lowest BCUT2D eigenvalue weighted by atomic mass is 10.2. The first kappa shape index (κ1) is 16.8. The van der Waals surface area contributed by atoms with Crippen LogP contribution in [0.15, 0.2) is 29.2 Å². The summed E-state index contributed by atoms with van der Waals surface area (Å²) < 4.78 is 29.8. The Bertz CT molecular complexity index is 627. The van der Waals surface area contributed by atoms with Gasteiger partial charge >= 0.3 is 0 Å². The summed E-state index contributed by atoms with van der Waals surface area (Å²) in [6.45, 7) is 2.76. The fourth-order valence-electron chi connectivity index (χ4n) is 2.58. The first-order valence-electron chi connectivity index (χ1n) is 7.24. The number of rotatable bonds is 5. The number of carbonyl (C=O) groups is 1. The Labute approximate surface area is 131 Å². The van der Waals surface area contributed by atoms with Gasteiger partial charge in [0.15, 0.2) is 9.84 Å². The van der Waals surface area contributed by atoms with Crippen LogP contribution in [-0.2, 0) is 14.6 Å². The molecule has 6 nitrogen and oxygen atoms in total. The van der Waals surface area contributed by atoms with Gasteiger partial charge in [0.05, 0.1) is 17.8 Å². The third-order valence-corrected chi connectivity index (χ3v) is 5.78. The van der Waals surface area contributed by atoms with Crippen molar-refractivity contribution in [1.29, 1.82) is 0 Å². The molecule has 1 saturated heterocycles. The van der Waals surface area contributed by atoms with E-state index in [1.165, 1.54) is 19.2 Å². The SMILES string of the molecule is COc1ccc(S(=O)(=O)C[C@H](C)C(=O)N2CC[C@H](N)C2)cc1. The van der Waals surface area contributed by atoms with Crippen molar-refractivity contribution in [3.63, 3.8) is 0 Å². The molecule has 0 radical (unpaired) electrons. The summed E-state index contributed by atoms with van der Waals surface area (Å²) in [7, 11) is -1.99. The highest BCUT2D eigenvalue weighted by Gasteiger charge is 2.30. The monoisotopic (exact) mass is 326 g/mol. The Balaban J connectivity index is 2.05. The first-order valence-corrected chi connectivity index (χ1v) is 8.90. The summed E-state index contributed by atoms with van der Waals surface area (Å²) >= 11 is 0. The Morgan fingerprint density at radius 1 is 1.41 bits per heavy atom. The Morgan fingerprint density at radius 2 is 2.05 bits per heavy atom. The van der Waals surface area contributed by atoms with Crippen LogP contribution >= 0.6 is 0 Å². The molecule has 122 valence electrons. The first-order chi connectivity index (χ1) is 10.3. The van der Waals surface area contributed by atoms with Crippen molar-refractivity contribution in [1.82, 2.24) is 4.90 Å². The molecule has 1 aliphatic rings. The number of carbonyl (C=O) groups excluding carboxylic acids is 1. The van der Waals surface area contributed by atoms with E-state index >= 15 is 0 Å². The van der Waals surface area contributed by atoms with Crippen LogP contribution in [0.3, 0.4) is 0 Å². The zero-order chi connectivity index (χ0) is 16.3. The van der Waals surface area contributed by atoms with Gasteiger partial charge in [0.2, 0.25) is 5.91 Å². The Hall–Kier alpha value is -1.60. The normalized spacial score (nSPS) is 20.0. The van der Waals surface area contributed by atoms with Crippen LogP contribution < -0.4 is 10.5 Å². The zero-order valence-electron chi connectivity index (χ0n) is 12.9. The standard InChI is InChI=1S/C15H22N2O4S/c1-11(15(18)17-8-7-12(16)9-17)10-22(19,20)14-5-3-13(21-2)4-6-14/h3-6,11-12H,7-10,16H2,1-2H3/t11-,12-/m0/s1. The zero-order valence-corrected chi connectivity index (χ0v) is 13.7. The van der Waals surface area contributed by atoms with E-state index in [-0.39, 0.29) is 22.6 Å². The number of amides is 1. The van der Waals surface area contributed by atoms with Crippen molar-refractivity contribution < 1.29 is 17.9 Å². The van der Waals surface area contributed by atoms with E-state index in [9.17, 15) is 13.2 Å². The molecule has 0 unspecified atom stereocenters. The number of hydrogen-bond donors (Lipinski definition) is 1. The molecular formula is C15H22N2O4S. The molecule has 1 heterocycles. The van der Waals surface area contributed by atoms with Crippen LogP contribution in [0.25, 0.3) is 0 Å². The maximum Gasteiger partial charge on any atom is 0.226 e. The van der Waals surface area contributed by atoms with Crippen LogP contribution in [0, 0.1) is 5.92 Å². The van der Waals surface area contributed by atoms with E-state index in [0.717, 1.165) is 6.42 Å². The number of likely N-dealkylation sites (tertiary alicyclic amines) is 1. The topological polar surface area (TPSA) is 89.7 Å². The van der Waals surface area contributed by atoms with Crippen LogP contribution in [-0.4, -0.2) is 51.2 Å². The van der Waals surface area contributed by atoms with Gasteiger partial charge in [-0.2, -0.15) is 0 Å². The third kappa shape index (κ3) is 3.78. The van der Waals surface area contributed by atoms with Crippen LogP contribution in [0.1, 0.15) is 13.3 Å². The molecule has 2 N–H and O–H groups in total. The maximum atomic E-state index is 12.4. The van der Waals surface area contributed by atoms with Gasteiger partial charge in [-0.05, 0) is 30.7 Å². The van der Waals surface area contributed by atoms with Crippen molar-refractivity contribution in [3.8, 4) is 5.75 Å². The van der Waals surface area contributed by atoms with Gasteiger partial charge in [-0.1, -0.05) is 6.92 Å². The van der Waals surface area contributed by atoms with E-state index in [1.807, 2.05) is 0 Å². The van der Waals surface area contributed by atoms with Gasteiger partial charge in [-0.3, -0.25) is 4.79 Å². The van der Waals surface area contributed by atoms with Crippen LogP contribution in [0.2, 0.25) is 0 Å². The number of nitrogens with zero attached hydrogens (tertiary/aromatic N) is 1. The molecule has 0 bridgehead atoms. The van der Waals surface area contributed by atoms with Crippen molar-refractivity contribution in [2.45, 2.75) is 24.3 Å². The molecule has 0 spiro atoms. The number of ether oxygens (including phenoxy) is 1. The average molecular weight is 326 g/mol. The highest BCUT2D eigenvalue weighted by Crippen LogP contribution is 2.20. The lowest BCUT2D eigenvalue weighted by Gasteiger charge is -2.20. The molecule has 0 saturated carbocycles. The minimum absolute atomic E-state index is 0.00524. The molecule has 22 heavy (non-hydrogen) atoms. The summed E-state index contributed by atoms with van der Waals surface area (Å²) in [5.74, 6) is -0.347. The van der Waals surface area contributed by atoms with Gasteiger partial charge in [0.25, 0.3) is 0 Å². The smallest absolute Gasteiger partial charge is 0.226 e. The minimum Gasteiger partial charge on any atom is -0.497 e. The second-order valence-electron chi connectivity index (χ2n) is 5.69. The summed E-state index contributed by atoms with van der Waals surface area (Å²) in [6.07, 6.45) is 0.768. The van der Waals surface area contributed by atoms with Gasteiger partial charge in [0.1, 0.15) is 5.75 Å². The molecular weight excluding hydrogens is 304 g/mol. The van der Waals surface area contributed by atoms with Gasteiger partial charge in [-0.15, -0.1) is 0 Å². The number of benzene rings is 1. The highest BCUT2D eigenvalue weighted by molar-refractivity contribution is 7.91. The number of sulfone groups is 1. The third-order valence-electron chi connectivity index (χ3n) is 3.85. The largest absolute Gasteiger partial charge is 0.497 e. The predicted molar refractivity (Wildman–Crippen MR) is 83.4 cm³/mol. The molecule has 1 aromatic carbocycles. The molecule has 2 rings (SSSR count). The van der Waals surface area contributed by atoms with Gasteiger partial charge in [-0.25, -0.2) is 8.42 Å². The van der Waals surface area contributed by atoms with Crippen molar-refractivity contribution >= 4 is 15.7 Å². The quantitative estimate of drug-likeness (QED) is 0.859. The van der Waals surface area contributed by atoms with Crippen molar-refractivity contribution in [2.75, 3.05) is 26.0 Å². The lowest BCUT2D eigenvalue weighted by Crippen LogP contribution is -2.37. The summed E-state index contributed by atoms with van der Waals surface area (Å²) in [4.78, 5) is 14.1. The van der Waals surface area contributed by atoms with Crippen LogP contribution in [0.4, 0.5) is 0 Å². The summed E-state index contributed by atoms with van der Waals surface area (Å²) in [5.41, 5.74) is 5.78. The van der Waals surface area contributed by atoms with Crippen molar-refractivity contribution in [2.24, 2.45) is 11.7 Å². The highest BCUT2D eigenvalue weighted by atomic mass is 32.2. The Kier molecular flexibility index (Phi) is 5.08. The summed E-state index contributed by atoms with van der Waals surface area (Å²) in [6, 6.07) is 6.18. The molecule has 7 heteroatoms. The number of hydrogen-bond acceptors (Lipinski definition) is 5. The van der Waals surface area contributed by atoms with E-state index in [1.54, 1.807) is 24.0 Å². The number of nitrogens with two attached hydrogens (primary N) is 1. The van der Waals surface area contributed by atoms with E-state index in [4.69, 9.17) is 10.5 Å². The Morgan fingerprint density at radius 3 is 2.55 bits per heavy atom. The average Bonchev–Trinajstić information content (AvgIpc) is 2.92. The maximum absolute atomic E-state index is 12.4. The molecule has 0 aromatic heterocycles. The van der Waals surface area contributed by atoms with E-state index in [0.29, 0.717) is 18.8 Å². The summed E-state index contributed by atoms with van der Waals surface area (Å²) in [5, 5.41) is 0. The fourth-order valence-corrected chi connectivity index (χ4v) is 4.12. The number of methoxy groups -OCH3 is 1. The second kappa shape index (κ2) is 6.66. The molecule has 1 fully saturated rings. The fraction of sp³-hybridized carbons (Fsp3) is 0.533. The molecule has 0 aliphatic carbocycles.